The maximum Gasteiger partial charge on any atom is 0.117 e. The lowest BCUT2D eigenvalue weighted by Crippen LogP contribution is -2.05. The van der Waals surface area contributed by atoms with Crippen molar-refractivity contribution in [1.82, 2.24) is 9.78 Å². The van der Waals surface area contributed by atoms with Crippen LogP contribution in [0.5, 0.6) is 5.75 Å². The summed E-state index contributed by atoms with van der Waals surface area (Å²) >= 11 is 0. The van der Waals surface area contributed by atoms with E-state index in [1.165, 1.54) is 0 Å². The first-order valence-electron chi connectivity index (χ1n) is 4.81. The molecule has 14 heavy (non-hydrogen) atoms. The van der Waals surface area contributed by atoms with Crippen molar-refractivity contribution >= 4 is 10.9 Å². The van der Waals surface area contributed by atoms with Crippen LogP contribution in [-0.2, 0) is 6.54 Å². The van der Waals surface area contributed by atoms with Gasteiger partial charge in [-0.1, -0.05) is 13.8 Å². The second-order valence-corrected chi connectivity index (χ2v) is 3.96. The van der Waals surface area contributed by atoms with Crippen LogP contribution in [0.3, 0.4) is 0 Å². The Labute approximate surface area is 83.0 Å². The number of rotatable bonds is 2. The highest BCUT2D eigenvalue weighted by Gasteiger charge is 2.04. The van der Waals surface area contributed by atoms with Crippen LogP contribution in [0.15, 0.2) is 24.4 Å². The third kappa shape index (κ3) is 1.58. The van der Waals surface area contributed by atoms with Crippen molar-refractivity contribution in [3.05, 3.63) is 24.4 Å². The molecule has 0 aliphatic rings. The lowest BCUT2D eigenvalue weighted by atomic mass is 10.2. The average molecular weight is 190 g/mol. The van der Waals surface area contributed by atoms with Crippen LogP contribution < -0.4 is 0 Å². The monoisotopic (exact) mass is 190 g/mol. The Balaban J connectivity index is 2.50. The van der Waals surface area contributed by atoms with E-state index in [0.29, 0.717) is 11.7 Å². The molecule has 0 bridgehead atoms. The molecule has 74 valence electrons. The van der Waals surface area contributed by atoms with Crippen LogP contribution >= 0.6 is 0 Å². The minimum Gasteiger partial charge on any atom is -0.508 e. The Hall–Kier alpha value is -1.51. The van der Waals surface area contributed by atoms with Gasteiger partial charge in [0.1, 0.15) is 5.75 Å². The largest absolute Gasteiger partial charge is 0.508 e. The van der Waals surface area contributed by atoms with Crippen molar-refractivity contribution in [1.29, 1.82) is 0 Å². The molecule has 3 heteroatoms. The summed E-state index contributed by atoms with van der Waals surface area (Å²) in [4.78, 5) is 0. The van der Waals surface area contributed by atoms with Gasteiger partial charge in [0.2, 0.25) is 0 Å². The van der Waals surface area contributed by atoms with E-state index in [2.05, 4.69) is 18.9 Å². The smallest absolute Gasteiger partial charge is 0.117 e. The molecule has 0 saturated carbocycles. The van der Waals surface area contributed by atoms with Crippen molar-refractivity contribution in [3.63, 3.8) is 0 Å². The number of fused-ring (bicyclic) bond motifs is 1. The number of hydrogen-bond acceptors (Lipinski definition) is 2. The molecule has 0 aliphatic heterocycles. The summed E-state index contributed by atoms with van der Waals surface area (Å²) in [5, 5.41) is 14.7. The number of hydrogen-bond donors (Lipinski definition) is 1. The standard InChI is InChI=1S/C11H14N2O/c1-8(2)7-13-11-5-10(14)4-3-9(11)6-12-13/h3-6,8,14H,7H2,1-2H3. The number of aromatic nitrogens is 2. The van der Waals surface area contributed by atoms with Gasteiger partial charge >= 0.3 is 0 Å². The fourth-order valence-electron chi connectivity index (χ4n) is 1.55. The molecule has 1 heterocycles. The van der Waals surface area contributed by atoms with Crippen molar-refractivity contribution in [2.24, 2.45) is 5.92 Å². The van der Waals surface area contributed by atoms with Crippen molar-refractivity contribution in [2.75, 3.05) is 0 Å². The predicted octanol–water partition coefficient (Wildman–Crippen LogP) is 2.40. The van der Waals surface area contributed by atoms with Gasteiger partial charge in [-0.15, -0.1) is 0 Å². The van der Waals surface area contributed by atoms with Gasteiger partial charge in [0.15, 0.2) is 0 Å². The molecule has 1 aromatic heterocycles. The number of nitrogens with zero attached hydrogens (tertiary/aromatic N) is 2. The van der Waals surface area contributed by atoms with Gasteiger partial charge in [-0.25, -0.2) is 0 Å². The maximum absolute atomic E-state index is 9.37. The third-order valence-corrected chi connectivity index (χ3v) is 2.17. The van der Waals surface area contributed by atoms with Crippen LogP contribution in [0.1, 0.15) is 13.8 Å². The Morgan fingerprint density at radius 3 is 2.93 bits per heavy atom. The Kier molecular flexibility index (Phi) is 2.15. The van der Waals surface area contributed by atoms with Crippen molar-refractivity contribution < 1.29 is 5.11 Å². The molecule has 2 aromatic rings. The van der Waals surface area contributed by atoms with E-state index in [4.69, 9.17) is 0 Å². The van der Waals surface area contributed by atoms with Gasteiger partial charge < -0.3 is 5.11 Å². The summed E-state index contributed by atoms with van der Waals surface area (Å²) in [5.41, 5.74) is 0.999. The molecule has 0 radical (unpaired) electrons. The third-order valence-electron chi connectivity index (χ3n) is 2.17. The highest BCUT2D eigenvalue weighted by molar-refractivity contribution is 5.79. The van der Waals surface area contributed by atoms with E-state index >= 15 is 0 Å². The Bertz CT molecular complexity index is 445. The van der Waals surface area contributed by atoms with E-state index < -0.39 is 0 Å². The van der Waals surface area contributed by atoms with Crippen LogP contribution in [0, 0.1) is 5.92 Å². The summed E-state index contributed by atoms with van der Waals surface area (Å²) < 4.78 is 1.93. The molecule has 0 unspecified atom stereocenters. The summed E-state index contributed by atoms with van der Waals surface area (Å²) in [6.07, 6.45) is 1.83. The van der Waals surface area contributed by atoms with E-state index in [9.17, 15) is 5.11 Å². The minimum atomic E-state index is 0.294. The molecule has 0 amide bonds. The summed E-state index contributed by atoms with van der Waals surface area (Å²) in [7, 11) is 0. The molecule has 1 aromatic carbocycles. The Morgan fingerprint density at radius 2 is 2.21 bits per heavy atom. The van der Waals surface area contributed by atoms with Crippen molar-refractivity contribution in [3.8, 4) is 5.75 Å². The van der Waals surface area contributed by atoms with Gasteiger partial charge in [0.25, 0.3) is 0 Å². The molecule has 0 fully saturated rings. The van der Waals surface area contributed by atoms with Gasteiger partial charge in [-0.05, 0) is 18.1 Å². The van der Waals surface area contributed by atoms with Gasteiger partial charge in [-0.3, -0.25) is 4.68 Å². The van der Waals surface area contributed by atoms with Crippen LogP contribution in [-0.4, -0.2) is 14.9 Å². The zero-order valence-corrected chi connectivity index (χ0v) is 8.44. The van der Waals surface area contributed by atoms with Crippen LogP contribution in [0.4, 0.5) is 0 Å². The van der Waals surface area contributed by atoms with E-state index in [-0.39, 0.29) is 0 Å². The van der Waals surface area contributed by atoms with Gasteiger partial charge in [-0.2, -0.15) is 5.10 Å². The van der Waals surface area contributed by atoms with E-state index in [1.807, 2.05) is 16.9 Å². The minimum absolute atomic E-state index is 0.294. The fourth-order valence-corrected chi connectivity index (χ4v) is 1.55. The number of phenolic OH excluding ortho intramolecular Hbond substituents is 1. The molecule has 0 atom stereocenters. The lowest BCUT2D eigenvalue weighted by Gasteiger charge is -2.06. The highest BCUT2D eigenvalue weighted by Crippen LogP contribution is 2.20. The zero-order chi connectivity index (χ0) is 10.1. The average Bonchev–Trinajstić information content (AvgIpc) is 2.47. The summed E-state index contributed by atoms with van der Waals surface area (Å²) in [6.45, 7) is 5.18. The first-order valence-corrected chi connectivity index (χ1v) is 4.81. The van der Waals surface area contributed by atoms with Crippen molar-refractivity contribution in [2.45, 2.75) is 20.4 Å². The number of aromatic hydroxyl groups is 1. The predicted molar refractivity (Wildman–Crippen MR) is 56.2 cm³/mol. The lowest BCUT2D eigenvalue weighted by molar-refractivity contribution is 0.473. The Morgan fingerprint density at radius 1 is 1.43 bits per heavy atom. The summed E-state index contributed by atoms with van der Waals surface area (Å²) in [6, 6.07) is 5.32. The number of phenols is 1. The first kappa shape index (κ1) is 9.06. The molecular formula is C11H14N2O. The van der Waals surface area contributed by atoms with E-state index in [1.54, 1.807) is 12.1 Å². The van der Waals surface area contributed by atoms with Crippen LogP contribution in [0.2, 0.25) is 0 Å². The molecule has 0 spiro atoms. The molecule has 0 aliphatic carbocycles. The summed E-state index contributed by atoms with van der Waals surface area (Å²) in [5.74, 6) is 0.850. The van der Waals surface area contributed by atoms with Gasteiger partial charge in [0, 0.05) is 18.0 Å². The second-order valence-electron chi connectivity index (χ2n) is 3.96. The second kappa shape index (κ2) is 3.33. The van der Waals surface area contributed by atoms with Gasteiger partial charge in [0.05, 0.1) is 11.7 Å². The van der Waals surface area contributed by atoms with E-state index in [0.717, 1.165) is 17.4 Å². The SMILES string of the molecule is CC(C)Cn1ncc2ccc(O)cc21. The molecule has 0 saturated heterocycles. The first-order chi connectivity index (χ1) is 6.66. The molecule has 1 N–H and O–H groups in total. The maximum atomic E-state index is 9.37. The quantitative estimate of drug-likeness (QED) is 0.789. The highest BCUT2D eigenvalue weighted by atomic mass is 16.3. The number of benzene rings is 1. The molecular weight excluding hydrogens is 176 g/mol. The van der Waals surface area contributed by atoms with Crippen LogP contribution in [0.25, 0.3) is 10.9 Å². The molecule has 3 nitrogen and oxygen atoms in total. The fraction of sp³-hybridized carbons (Fsp3) is 0.364. The topological polar surface area (TPSA) is 38.0 Å². The molecule has 2 rings (SSSR count). The normalized spacial score (nSPS) is 11.4. The zero-order valence-electron chi connectivity index (χ0n) is 8.44.